The summed E-state index contributed by atoms with van der Waals surface area (Å²) in [5.41, 5.74) is 0.905. The predicted molar refractivity (Wildman–Crippen MR) is 111 cm³/mol. The molecule has 1 aromatic carbocycles. The molecule has 160 valence electrons. The molecule has 1 unspecified atom stereocenters. The van der Waals surface area contributed by atoms with E-state index in [0.717, 1.165) is 42.4 Å². The van der Waals surface area contributed by atoms with E-state index < -0.39 is 18.5 Å². The van der Waals surface area contributed by atoms with Gasteiger partial charge in [-0.2, -0.15) is 18.2 Å². The zero-order valence-corrected chi connectivity index (χ0v) is 17.3. The first kappa shape index (κ1) is 21.6. The van der Waals surface area contributed by atoms with Gasteiger partial charge >= 0.3 is 6.18 Å². The summed E-state index contributed by atoms with van der Waals surface area (Å²) in [5, 5.41) is 7.79. The maximum Gasteiger partial charge on any atom is 0.389 e. The highest BCUT2D eigenvalue weighted by Gasteiger charge is 2.30. The summed E-state index contributed by atoms with van der Waals surface area (Å²) in [5.74, 6) is 1.11. The van der Waals surface area contributed by atoms with Crippen LogP contribution in [-0.2, 0) is 0 Å². The number of para-hydroxylation sites is 1. The second kappa shape index (κ2) is 9.15. The van der Waals surface area contributed by atoms with Crippen molar-refractivity contribution >= 4 is 22.7 Å². The topological polar surface area (TPSA) is 53.1 Å². The van der Waals surface area contributed by atoms with Gasteiger partial charge in [0.05, 0.1) is 5.52 Å². The summed E-state index contributed by atoms with van der Waals surface area (Å²) in [4.78, 5) is 11.3. The Morgan fingerprint density at radius 1 is 1.07 bits per heavy atom. The molecule has 1 saturated carbocycles. The van der Waals surface area contributed by atoms with Crippen LogP contribution in [0.4, 0.5) is 24.9 Å². The monoisotopic (exact) mass is 409 g/mol. The van der Waals surface area contributed by atoms with Crippen molar-refractivity contribution < 1.29 is 13.2 Å². The number of hydrogen-bond donors (Lipinski definition) is 2. The first-order chi connectivity index (χ1) is 13.7. The molecule has 1 aliphatic rings. The van der Waals surface area contributed by atoms with E-state index in [9.17, 15) is 13.2 Å². The Balaban J connectivity index is 1.53. The highest BCUT2D eigenvalue weighted by atomic mass is 19.4. The molecule has 29 heavy (non-hydrogen) atoms. The lowest BCUT2D eigenvalue weighted by Crippen LogP contribution is -2.39. The number of nitrogens with zero attached hydrogens (tertiary/aromatic N) is 3. The maximum atomic E-state index is 12.5. The second-order valence-electron chi connectivity index (χ2n) is 8.31. The molecule has 1 heterocycles. The Hall–Kier alpha value is -2.09. The van der Waals surface area contributed by atoms with Crippen LogP contribution < -0.4 is 15.5 Å². The number of aromatic nitrogens is 2. The first-order valence-corrected chi connectivity index (χ1v) is 10.2. The summed E-state index contributed by atoms with van der Waals surface area (Å²) in [6, 6.07) is 8.50. The molecule has 3 rings (SSSR count). The normalized spacial score (nSPS) is 21.2. The smallest absolute Gasteiger partial charge is 0.362 e. The van der Waals surface area contributed by atoms with E-state index in [4.69, 9.17) is 0 Å². The van der Waals surface area contributed by atoms with Crippen LogP contribution >= 0.6 is 0 Å². The summed E-state index contributed by atoms with van der Waals surface area (Å²) in [6.45, 7) is 2.05. The van der Waals surface area contributed by atoms with Gasteiger partial charge in [0.25, 0.3) is 0 Å². The van der Waals surface area contributed by atoms with E-state index in [-0.39, 0.29) is 12.1 Å². The Bertz CT molecular complexity index is 800. The van der Waals surface area contributed by atoms with Crippen LogP contribution in [0.15, 0.2) is 24.3 Å². The van der Waals surface area contributed by atoms with Gasteiger partial charge in [0, 0.05) is 38.0 Å². The van der Waals surface area contributed by atoms with Gasteiger partial charge in [0.1, 0.15) is 5.82 Å². The Kier molecular flexibility index (Phi) is 6.82. The number of nitrogens with one attached hydrogen (secondary N) is 2. The Morgan fingerprint density at radius 3 is 2.38 bits per heavy atom. The van der Waals surface area contributed by atoms with Gasteiger partial charge in [-0.25, -0.2) is 4.98 Å². The van der Waals surface area contributed by atoms with E-state index >= 15 is 0 Å². The molecule has 2 aromatic rings. The molecule has 0 aliphatic heterocycles. The number of fused-ring (bicyclic) bond motifs is 1. The average Bonchev–Trinajstić information content (AvgIpc) is 2.65. The number of anilines is 2. The minimum Gasteiger partial charge on any atom is -0.362 e. The minimum absolute atomic E-state index is 0.275. The summed E-state index contributed by atoms with van der Waals surface area (Å²) >= 11 is 0. The van der Waals surface area contributed by atoms with E-state index in [0.29, 0.717) is 12.5 Å². The average molecular weight is 410 g/mol. The van der Waals surface area contributed by atoms with Crippen molar-refractivity contribution in [3.63, 3.8) is 0 Å². The van der Waals surface area contributed by atoms with Crippen molar-refractivity contribution in [1.29, 1.82) is 0 Å². The van der Waals surface area contributed by atoms with Gasteiger partial charge in [-0.15, -0.1) is 0 Å². The quantitative estimate of drug-likeness (QED) is 0.700. The Morgan fingerprint density at radius 2 is 1.72 bits per heavy atom. The van der Waals surface area contributed by atoms with Gasteiger partial charge < -0.3 is 15.5 Å². The third-order valence-electron chi connectivity index (χ3n) is 5.40. The largest absolute Gasteiger partial charge is 0.389 e. The molecule has 0 radical (unpaired) electrons. The van der Waals surface area contributed by atoms with Crippen LogP contribution in [0.2, 0.25) is 0 Å². The van der Waals surface area contributed by atoms with E-state index in [1.807, 2.05) is 43.3 Å². The lowest BCUT2D eigenvalue weighted by atomic mass is 9.91. The third-order valence-corrected chi connectivity index (χ3v) is 5.40. The number of rotatable bonds is 7. The van der Waals surface area contributed by atoms with Crippen molar-refractivity contribution in [2.75, 3.05) is 30.9 Å². The van der Waals surface area contributed by atoms with Gasteiger partial charge in [0.2, 0.25) is 5.95 Å². The molecule has 0 bridgehead atoms. The molecule has 8 heteroatoms. The summed E-state index contributed by atoms with van der Waals surface area (Å²) in [7, 11) is 3.93. The molecule has 2 N–H and O–H groups in total. The van der Waals surface area contributed by atoms with Gasteiger partial charge in [-0.1, -0.05) is 19.1 Å². The van der Waals surface area contributed by atoms with Crippen molar-refractivity contribution in [1.82, 2.24) is 15.3 Å². The van der Waals surface area contributed by atoms with Gasteiger partial charge in [-0.05, 0) is 50.3 Å². The summed E-state index contributed by atoms with van der Waals surface area (Å²) in [6.07, 6.45) is -1.06. The van der Waals surface area contributed by atoms with Crippen LogP contribution in [0.1, 0.15) is 39.0 Å². The zero-order chi connectivity index (χ0) is 21.0. The lowest BCUT2D eigenvalue weighted by Gasteiger charge is -2.31. The maximum absolute atomic E-state index is 12.5. The minimum atomic E-state index is -4.09. The fraction of sp³-hybridized carbons (Fsp3) is 0.619. The van der Waals surface area contributed by atoms with Crippen LogP contribution in [0.25, 0.3) is 10.9 Å². The number of alkyl halides is 3. The Labute approximate surface area is 170 Å². The van der Waals surface area contributed by atoms with Crippen LogP contribution in [0.3, 0.4) is 0 Å². The standard InChI is InChI=1S/C21H30F3N5/c1-14(12-21(22,23)24)13-25-15-8-10-16(11-9-15)26-20-27-18-7-5-4-6-17(18)19(28-20)29(2)3/h4-7,14-16,25H,8-13H2,1-3H3,(H,26,27,28). The highest BCUT2D eigenvalue weighted by molar-refractivity contribution is 5.90. The molecule has 5 nitrogen and oxygen atoms in total. The van der Waals surface area contributed by atoms with E-state index in [1.165, 1.54) is 0 Å². The van der Waals surface area contributed by atoms with Crippen molar-refractivity contribution in [2.24, 2.45) is 5.92 Å². The van der Waals surface area contributed by atoms with Crippen molar-refractivity contribution in [3.05, 3.63) is 24.3 Å². The molecular weight excluding hydrogens is 379 g/mol. The molecule has 0 spiro atoms. The molecule has 0 saturated heterocycles. The molecular formula is C21H30F3N5. The third kappa shape index (κ3) is 6.19. The van der Waals surface area contributed by atoms with Crippen LogP contribution in [-0.4, -0.2) is 48.9 Å². The van der Waals surface area contributed by atoms with Gasteiger partial charge in [0.15, 0.2) is 0 Å². The number of benzene rings is 1. The van der Waals surface area contributed by atoms with Gasteiger partial charge in [-0.3, -0.25) is 0 Å². The van der Waals surface area contributed by atoms with E-state index in [1.54, 1.807) is 6.92 Å². The SMILES string of the molecule is CC(CNC1CCC(Nc2nc(N(C)C)c3ccccc3n2)CC1)CC(F)(F)F. The first-order valence-electron chi connectivity index (χ1n) is 10.2. The predicted octanol–water partition coefficient (Wildman–Crippen LogP) is 4.60. The number of hydrogen-bond acceptors (Lipinski definition) is 5. The van der Waals surface area contributed by atoms with Crippen LogP contribution in [0, 0.1) is 5.92 Å². The molecule has 1 aromatic heterocycles. The van der Waals surface area contributed by atoms with Crippen molar-refractivity contribution in [3.8, 4) is 0 Å². The molecule has 1 aliphatic carbocycles. The van der Waals surface area contributed by atoms with E-state index in [2.05, 4.69) is 20.6 Å². The fourth-order valence-electron chi connectivity index (χ4n) is 3.92. The summed E-state index contributed by atoms with van der Waals surface area (Å²) < 4.78 is 37.4. The highest BCUT2D eigenvalue weighted by Crippen LogP contribution is 2.27. The fourth-order valence-corrected chi connectivity index (χ4v) is 3.92. The number of halogens is 3. The molecule has 1 fully saturated rings. The zero-order valence-electron chi connectivity index (χ0n) is 17.3. The van der Waals surface area contributed by atoms with Crippen molar-refractivity contribution in [2.45, 2.75) is 57.3 Å². The molecule has 1 atom stereocenters. The lowest BCUT2D eigenvalue weighted by molar-refractivity contribution is -0.143. The van der Waals surface area contributed by atoms with Crippen LogP contribution in [0.5, 0.6) is 0 Å². The second-order valence-corrected chi connectivity index (χ2v) is 8.31. The molecule has 0 amide bonds.